The number of likely N-dealkylation sites (N-methyl/N-ethyl adjacent to an activating group) is 1. The second-order valence-corrected chi connectivity index (χ2v) is 4.84. The Bertz CT molecular complexity index is 309. The Labute approximate surface area is 107 Å². The summed E-state index contributed by atoms with van der Waals surface area (Å²) in [6.45, 7) is 7.55. The summed E-state index contributed by atoms with van der Waals surface area (Å²) in [5, 5.41) is 9.21. The molecule has 2 amide bonds. The fraction of sp³-hybridized carbons (Fsp3) is 0.833. The number of carboxylic acid groups (broad SMARTS) is 1. The summed E-state index contributed by atoms with van der Waals surface area (Å²) >= 11 is 0. The number of rotatable bonds is 3. The molecule has 6 heteroatoms. The van der Waals surface area contributed by atoms with Gasteiger partial charge in [0.1, 0.15) is 5.54 Å². The molecular weight excluding hydrogens is 236 g/mol. The molecule has 1 aliphatic heterocycles. The molecule has 6 nitrogen and oxygen atoms in total. The van der Waals surface area contributed by atoms with E-state index in [0.29, 0.717) is 32.8 Å². The number of carboxylic acids is 1. The van der Waals surface area contributed by atoms with Gasteiger partial charge in [0.05, 0.1) is 6.61 Å². The summed E-state index contributed by atoms with van der Waals surface area (Å²) < 4.78 is 5.29. The molecule has 1 heterocycles. The molecule has 0 saturated carbocycles. The number of aliphatic carboxylic acids is 1. The number of nitrogens with zero attached hydrogens (tertiary/aromatic N) is 2. The largest absolute Gasteiger partial charge is 0.480 e. The fourth-order valence-electron chi connectivity index (χ4n) is 1.99. The molecule has 1 saturated heterocycles. The number of hydrogen-bond acceptors (Lipinski definition) is 3. The third-order valence-electron chi connectivity index (χ3n) is 3.24. The molecule has 1 N–H and O–H groups in total. The Morgan fingerprint density at radius 1 is 1.33 bits per heavy atom. The van der Waals surface area contributed by atoms with E-state index in [1.54, 1.807) is 25.7 Å². The molecule has 18 heavy (non-hydrogen) atoms. The highest BCUT2D eigenvalue weighted by molar-refractivity contribution is 5.85. The summed E-state index contributed by atoms with van der Waals surface area (Å²) in [7, 11) is 0. The fourth-order valence-corrected chi connectivity index (χ4v) is 1.99. The average Bonchev–Trinajstić information content (AvgIpc) is 2.57. The zero-order chi connectivity index (χ0) is 13.8. The maximum Gasteiger partial charge on any atom is 0.329 e. The molecule has 0 aromatic rings. The molecule has 1 fully saturated rings. The third-order valence-corrected chi connectivity index (χ3v) is 3.24. The molecule has 1 rings (SSSR count). The van der Waals surface area contributed by atoms with Crippen molar-refractivity contribution in [3.8, 4) is 0 Å². The van der Waals surface area contributed by atoms with Crippen LogP contribution in [0.3, 0.4) is 0 Å². The predicted molar refractivity (Wildman–Crippen MR) is 66.5 cm³/mol. The lowest BCUT2D eigenvalue weighted by molar-refractivity contribution is -0.147. The van der Waals surface area contributed by atoms with Crippen molar-refractivity contribution in [2.45, 2.75) is 32.7 Å². The highest BCUT2D eigenvalue weighted by atomic mass is 16.5. The molecule has 0 radical (unpaired) electrons. The number of hydrogen-bond donors (Lipinski definition) is 1. The third kappa shape index (κ3) is 3.13. The van der Waals surface area contributed by atoms with Gasteiger partial charge in [-0.2, -0.15) is 0 Å². The van der Waals surface area contributed by atoms with Crippen molar-refractivity contribution in [2.24, 2.45) is 0 Å². The van der Waals surface area contributed by atoms with E-state index in [1.807, 2.05) is 0 Å². The Morgan fingerprint density at radius 3 is 2.56 bits per heavy atom. The van der Waals surface area contributed by atoms with Crippen LogP contribution in [0.5, 0.6) is 0 Å². The van der Waals surface area contributed by atoms with Gasteiger partial charge in [-0.3, -0.25) is 0 Å². The van der Waals surface area contributed by atoms with Gasteiger partial charge in [-0.05, 0) is 27.2 Å². The van der Waals surface area contributed by atoms with Crippen LogP contribution in [0.1, 0.15) is 27.2 Å². The van der Waals surface area contributed by atoms with E-state index in [-0.39, 0.29) is 6.03 Å². The van der Waals surface area contributed by atoms with Crippen molar-refractivity contribution in [3.05, 3.63) is 0 Å². The maximum absolute atomic E-state index is 12.4. The lowest BCUT2D eigenvalue weighted by atomic mass is 10.0. The second-order valence-electron chi connectivity index (χ2n) is 4.84. The SMILES string of the molecule is CCN(C(=O)N1CCCOCC1)C(C)(C)C(=O)O. The normalized spacial score (nSPS) is 17.2. The van der Waals surface area contributed by atoms with E-state index < -0.39 is 11.5 Å². The van der Waals surface area contributed by atoms with Crippen LogP contribution in [0.15, 0.2) is 0 Å². The first kappa shape index (κ1) is 14.8. The Kier molecular flexibility index (Phi) is 4.95. The van der Waals surface area contributed by atoms with E-state index in [9.17, 15) is 14.7 Å². The summed E-state index contributed by atoms with van der Waals surface area (Å²) in [6, 6.07) is -0.226. The van der Waals surface area contributed by atoms with E-state index in [1.165, 1.54) is 4.90 Å². The zero-order valence-electron chi connectivity index (χ0n) is 11.3. The maximum atomic E-state index is 12.4. The van der Waals surface area contributed by atoms with Gasteiger partial charge < -0.3 is 19.6 Å². The van der Waals surface area contributed by atoms with Gasteiger partial charge in [0.25, 0.3) is 0 Å². The lowest BCUT2D eigenvalue weighted by Gasteiger charge is -2.37. The number of amides is 2. The van der Waals surface area contributed by atoms with Gasteiger partial charge >= 0.3 is 12.0 Å². The van der Waals surface area contributed by atoms with Gasteiger partial charge in [0.2, 0.25) is 0 Å². The van der Waals surface area contributed by atoms with E-state index in [2.05, 4.69) is 0 Å². The van der Waals surface area contributed by atoms with Crippen LogP contribution in [-0.2, 0) is 9.53 Å². The number of carbonyl (C=O) groups excluding carboxylic acids is 1. The molecule has 0 unspecified atom stereocenters. The molecule has 0 aromatic carbocycles. The minimum absolute atomic E-state index is 0.226. The highest BCUT2D eigenvalue weighted by Gasteiger charge is 2.38. The zero-order valence-corrected chi connectivity index (χ0v) is 11.3. The monoisotopic (exact) mass is 258 g/mol. The molecule has 0 bridgehead atoms. The molecule has 1 aliphatic rings. The summed E-state index contributed by atoms with van der Waals surface area (Å²) in [4.78, 5) is 26.7. The van der Waals surface area contributed by atoms with Gasteiger partial charge in [-0.15, -0.1) is 0 Å². The van der Waals surface area contributed by atoms with Gasteiger partial charge in [0.15, 0.2) is 0 Å². The van der Waals surface area contributed by atoms with Crippen molar-refractivity contribution in [1.29, 1.82) is 0 Å². The molecule has 0 spiro atoms. The summed E-state index contributed by atoms with van der Waals surface area (Å²) in [5.41, 5.74) is -1.20. The van der Waals surface area contributed by atoms with Crippen LogP contribution < -0.4 is 0 Å². The molecule has 0 atom stereocenters. The topological polar surface area (TPSA) is 70.1 Å². The van der Waals surface area contributed by atoms with Crippen LogP contribution in [0.2, 0.25) is 0 Å². The van der Waals surface area contributed by atoms with Gasteiger partial charge in [-0.25, -0.2) is 9.59 Å². The quantitative estimate of drug-likeness (QED) is 0.820. The van der Waals surface area contributed by atoms with Crippen LogP contribution in [0.4, 0.5) is 4.79 Å². The van der Waals surface area contributed by atoms with Crippen LogP contribution in [-0.4, -0.2) is 65.3 Å². The Hall–Kier alpha value is -1.30. The van der Waals surface area contributed by atoms with Crippen LogP contribution in [0, 0.1) is 0 Å². The number of urea groups is 1. The second kappa shape index (κ2) is 6.04. The van der Waals surface area contributed by atoms with E-state index in [4.69, 9.17) is 4.74 Å². The molecular formula is C12H22N2O4. The number of carbonyl (C=O) groups is 2. The summed E-state index contributed by atoms with van der Waals surface area (Å²) in [5.74, 6) is -0.997. The molecule has 0 aliphatic carbocycles. The van der Waals surface area contributed by atoms with Crippen molar-refractivity contribution in [2.75, 3.05) is 32.8 Å². The smallest absolute Gasteiger partial charge is 0.329 e. The molecule has 104 valence electrons. The first-order valence-electron chi connectivity index (χ1n) is 6.29. The Morgan fingerprint density at radius 2 is 2.00 bits per heavy atom. The van der Waals surface area contributed by atoms with Gasteiger partial charge in [0, 0.05) is 26.2 Å². The number of ether oxygens (including phenoxy) is 1. The first-order chi connectivity index (χ1) is 8.41. The van der Waals surface area contributed by atoms with Crippen molar-refractivity contribution in [1.82, 2.24) is 9.80 Å². The Balaban J connectivity index is 2.81. The first-order valence-corrected chi connectivity index (χ1v) is 6.29. The minimum atomic E-state index is -1.20. The average molecular weight is 258 g/mol. The van der Waals surface area contributed by atoms with E-state index >= 15 is 0 Å². The van der Waals surface area contributed by atoms with Gasteiger partial charge in [-0.1, -0.05) is 0 Å². The lowest BCUT2D eigenvalue weighted by Crippen LogP contribution is -2.57. The molecule has 0 aromatic heterocycles. The predicted octanol–water partition coefficient (Wildman–Crippen LogP) is 1.01. The van der Waals surface area contributed by atoms with E-state index in [0.717, 1.165) is 6.42 Å². The van der Waals surface area contributed by atoms with Crippen molar-refractivity contribution < 1.29 is 19.4 Å². The van der Waals surface area contributed by atoms with Crippen LogP contribution in [0.25, 0.3) is 0 Å². The minimum Gasteiger partial charge on any atom is -0.480 e. The van der Waals surface area contributed by atoms with Crippen molar-refractivity contribution >= 4 is 12.0 Å². The van der Waals surface area contributed by atoms with Crippen LogP contribution >= 0.6 is 0 Å². The standard InChI is InChI=1S/C12H22N2O4/c1-4-14(12(2,3)10(15)16)11(17)13-6-5-8-18-9-7-13/h4-9H2,1-3H3,(H,15,16). The summed E-state index contributed by atoms with van der Waals surface area (Å²) in [6.07, 6.45) is 0.788. The van der Waals surface area contributed by atoms with Crippen molar-refractivity contribution in [3.63, 3.8) is 0 Å². The highest BCUT2D eigenvalue weighted by Crippen LogP contribution is 2.17.